The summed E-state index contributed by atoms with van der Waals surface area (Å²) in [6, 6.07) is 0.844. The highest BCUT2D eigenvalue weighted by Crippen LogP contribution is 2.23. The van der Waals surface area contributed by atoms with Crippen LogP contribution >= 0.6 is 0 Å². The van der Waals surface area contributed by atoms with Gasteiger partial charge >= 0.3 is 0 Å². The number of rotatable bonds is 6. The maximum Gasteiger partial charge on any atom is 0.00670 e. The molecule has 2 fully saturated rings. The van der Waals surface area contributed by atoms with Gasteiger partial charge in [-0.3, -0.25) is 0 Å². The van der Waals surface area contributed by atoms with Crippen LogP contribution in [0.3, 0.4) is 0 Å². The Kier molecular flexibility index (Phi) is 5.30. The summed E-state index contributed by atoms with van der Waals surface area (Å²) in [6.07, 6.45) is 8.48. The predicted octanol–water partition coefficient (Wildman–Crippen LogP) is 2.89. The molecular weight excluding hydrogens is 208 g/mol. The van der Waals surface area contributed by atoms with Gasteiger partial charge in [0, 0.05) is 12.6 Å². The fourth-order valence-corrected chi connectivity index (χ4v) is 3.35. The Labute approximate surface area is 107 Å². The maximum atomic E-state index is 3.71. The predicted molar refractivity (Wildman–Crippen MR) is 74.3 cm³/mol. The maximum absolute atomic E-state index is 3.71. The standard InChI is InChI=1S/C15H30N2/c1-13(2)14-8-11-17(12-14)10-5-9-16-15-6-3-4-7-15/h13-16H,3-12H2,1-2H3. The molecule has 1 atom stereocenters. The van der Waals surface area contributed by atoms with E-state index in [9.17, 15) is 0 Å². The first-order valence-electron chi connectivity index (χ1n) is 7.71. The fourth-order valence-electron chi connectivity index (χ4n) is 3.35. The highest BCUT2D eigenvalue weighted by atomic mass is 15.1. The summed E-state index contributed by atoms with van der Waals surface area (Å²) < 4.78 is 0. The normalized spacial score (nSPS) is 27.4. The van der Waals surface area contributed by atoms with E-state index in [2.05, 4.69) is 24.1 Å². The summed E-state index contributed by atoms with van der Waals surface area (Å²) in [5.74, 6) is 1.83. The van der Waals surface area contributed by atoms with Crippen LogP contribution in [-0.2, 0) is 0 Å². The molecule has 17 heavy (non-hydrogen) atoms. The zero-order valence-corrected chi connectivity index (χ0v) is 11.8. The Morgan fingerprint density at radius 1 is 1.18 bits per heavy atom. The van der Waals surface area contributed by atoms with Crippen molar-refractivity contribution in [1.82, 2.24) is 10.2 Å². The summed E-state index contributed by atoms with van der Waals surface area (Å²) in [6.45, 7) is 9.97. The molecule has 0 radical (unpaired) electrons. The minimum atomic E-state index is 0.844. The van der Waals surface area contributed by atoms with Gasteiger partial charge < -0.3 is 10.2 Å². The van der Waals surface area contributed by atoms with Gasteiger partial charge in [-0.05, 0) is 57.2 Å². The van der Waals surface area contributed by atoms with Gasteiger partial charge in [-0.15, -0.1) is 0 Å². The van der Waals surface area contributed by atoms with E-state index in [1.54, 1.807) is 0 Å². The van der Waals surface area contributed by atoms with E-state index in [1.807, 2.05) is 0 Å². The molecule has 1 unspecified atom stereocenters. The number of hydrogen-bond acceptors (Lipinski definition) is 2. The molecule has 0 aromatic carbocycles. The van der Waals surface area contributed by atoms with Crippen molar-refractivity contribution in [3.05, 3.63) is 0 Å². The largest absolute Gasteiger partial charge is 0.314 e. The number of nitrogens with zero attached hydrogens (tertiary/aromatic N) is 1. The van der Waals surface area contributed by atoms with Crippen LogP contribution in [0.15, 0.2) is 0 Å². The van der Waals surface area contributed by atoms with E-state index in [4.69, 9.17) is 0 Å². The second-order valence-corrected chi connectivity index (χ2v) is 6.38. The molecule has 0 bridgehead atoms. The third kappa shape index (κ3) is 4.26. The third-order valence-electron chi connectivity index (χ3n) is 4.69. The molecule has 2 aliphatic rings. The van der Waals surface area contributed by atoms with Crippen LogP contribution in [0.25, 0.3) is 0 Å². The van der Waals surface area contributed by atoms with Gasteiger partial charge in [-0.25, -0.2) is 0 Å². The summed E-state index contributed by atoms with van der Waals surface area (Å²) in [4.78, 5) is 2.67. The van der Waals surface area contributed by atoms with Gasteiger partial charge in [0.15, 0.2) is 0 Å². The van der Waals surface area contributed by atoms with Crippen molar-refractivity contribution >= 4 is 0 Å². The van der Waals surface area contributed by atoms with Crippen LogP contribution < -0.4 is 5.32 Å². The first kappa shape index (κ1) is 13.4. The summed E-state index contributed by atoms with van der Waals surface area (Å²) in [5, 5.41) is 3.71. The summed E-state index contributed by atoms with van der Waals surface area (Å²) in [5.41, 5.74) is 0. The Bertz CT molecular complexity index is 209. The van der Waals surface area contributed by atoms with E-state index in [-0.39, 0.29) is 0 Å². The van der Waals surface area contributed by atoms with Crippen LogP contribution in [-0.4, -0.2) is 37.1 Å². The fraction of sp³-hybridized carbons (Fsp3) is 1.00. The Hall–Kier alpha value is -0.0800. The molecule has 100 valence electrons. The van der Waals surface area contributed by atoms with Gasteiger partial charge in [0.25, 0.3) is 0 Å². The average Bonchev–Trinajstić information content (AvgIpc) is 2.96. The second-order valence-electron chi connectivity index (χ2n) is 6.38. The molecule has 2 rings (SSSR count). The summed E-state index contributed by atoms with van der Waals surface area (Å²) in [7, 11) is 0. The van der Waals surface area contributed by atoms with Crippen LogP contribution in [0.2, 0.25) is 0 Å². The lowest BCUT2D eigenvalue weighted by Gasteiger charge is -2.18. The highest BCUT2D eigenvalue weighted by molar-refractivity contribution is 4.78. The lowest BCUT2D eigenvalue weighted by molar-refractivity contribution is 0.296. The van der Waals surface area contributed by atoms with Crippen molar-refractivity contribution < 1.29 is 0 Å². The molecule has 1 heterocycles. The topological polar surface area (TPSA) is 15.3 Å². The molecule has 0 aromatic rings. The minimum Gasteiger partial charge on any atom is -0.314 e. The van der Waals surface area contributed by atoms with Gasteiger partial charge in [0.1, 0.15) is 0 Å². The Balaban J connectivity index is 1.51. The summed E-state index contributed by atoms with van der Waals surface area (Å²) >= 11 is 0. The zero-order chi connectivity index (χ0) is 12.1. The molecule has 0 aromatic heterocycles. The van der Waals surface area contributed by atoms with Crippen molar-refractivity contribution in [2.75, 3.05) is 26.2 Å². The minimum absolute atomic E-state index is 0.844. The van der Waals surface area contributed by atoms with E-state index in [0.29, 0.717) is 0 Å². The van der Waals surface area contributed by atoms with E-state index in [0.717, 1.165) is 17.9 Å². The molecule has 2 nitrogen and oxygen atoms in total. The van der Waals surface area contributed by atoms with Gasteiger partial charge in [0.2, 0.25) is 0 Å². The lowest BCUT2D eigenvalue weighted by atomic mass is 9.95. The first-order valence-corrected chi connectivity index (χ1v) is 7.71. The molecular formula is C15H30N2. The van der Waals surface area contributed by atoms with Gasteiger partial charge in [0.05, 0.1) is 0 Å². The van der Waals surface area contributed by atoms with E-state index >= 15 is 0 Å². The molecule has 2 heteroatoms. The van der Waals surface area contributed by atoms with Crippen LogP contribution in [0.1, 0.15) is 52.4 Å². The molecule has 1 aliphatic heterocycles. The number of nitrogens with one attached hydrogen (secondary N) is 1. The molecule has 1 saturated heterocycles. The average molecular weight is 238 g/mol. The van der Waals surface area contributed by atoms with Gasteiger partial charge in [-0.1, -0.05) is 26.7 Å². The molecule has 0 amide bonds. The molecule has 0 spiro atoms. The number of likely N-dealkylation sites (tertiary alicyclic amines) is 1. The van der Waals surface area contributed by atoms with E-state index < -0.39 is 0 Å². The van der Waals surface area contributed by atoms with Crippen LogP contribution in [0, 0.1) is 11.8 Å². The Morgan fingerprint density at radius 3 is 2.59 bits per heavy atom. The molecule has 1 saturated carbocycles. The molecule has 1 N–H and O–H groups in total. The first-order chi connectivity index (χ1) is 8.25. The Morgan fingerprint density at radius 2 is 1.94 bits per heavy atom. The monoisotopic (exact) mass is 238 g/mol. The van der Waals surface area contributed by atoms with Crippen molar-refractivity contribution in [2.45, 2.75) is 58.4 Å². The number of hydrogen-bond donors (Lipinski definition) is 1. The SMILES string of the molecule is CC(C)C1CCN(CCCNC2CCCC2)C1. The van der Waals surface area contributed by atoms with E-state index in [1.165, 1.54) is 64.7 Å². The van der Waals surface area contributed by atoms with Crippen LogP contribution in [0.5, 0.6) is 0 Å². The molecule has 1 aliphatic carbocycles. The quantitative estimate of drug-likeness (QED) is 0.716. The highest BCUT2D eigenvalue weighted by Gasteiger charge is 2.24. The van der Waals surface area contributed by atoms with Crippen molar-refractivity contribution in [1.29, 1.82) is 0 Å². The second kappa shape index (κ2) is 6.75. The smallest absolute Gasteiger partial charge is 0.00670 e. The van der Waals surface area contributed by atoms with Crippen molar-refractivity contribution in [3.63, 3.8) is 0 Å². The van der Waals surface area contributed by atoms with Crippen molar-refractivity contribution in [3.8, 4) is 0 Å². The lowest BCUT2D eigenvalue weighted by Crippen LogP contribution is -2.30. The third-order valence-corrected chi connectivity index (χ3v) is 4.69. The van der Waals surface area contributed by atoms with Crippen molar-refractivity contribution in [2.24, 2.45) is 11.8 Å². The van der Waals surface area contributed by atoms with Crippen LogP contribution in [0.4, 0.5) is 0 Å². The van der Waals surface area contributed by atoms with Gasteiger partial charge in [-0.2, -0.15) is 0 Å². The zero-order valence-electron chi connectivity index (χ0n) is 11.8.